The molecule has 0 saturated heterocycles. The maximum Gasteiger partial charge on any atom is 0.220 e. The molecule has 1 unspecified atom stereocenters. The minimum absolute atomic E-state index is 0.146. The number of phenols is 1. The van der Waals surface area contributed by atoms with Crippen LogP contribution in [0.1, 0.15) is 161 Å². The number of amides is 1. The molecule has 0 aliphatic rings. The van der Waals surface area contributed by atoms with Gasteiger partial charge in [0, 0.05) is 5.92 Å². The van der Waals surface area contributed by atoms with Crippen molar-refractivity contribution in [1.82, 2.24) is 0 Å². The molecule has 208 valence electrons. The monoisotopic (exact) mass is 501 g/mol. The van der Waals surface area contributed by atoms with Gasteiger partial charge in [0.05, 0.1) is 0 Å². The van der Waals surface area contributed by atoms with Crippen LogP contribution in [0, 0.1) is 5.92 Å². The number of hydrogen-bond acceptors (Lipinski definition) is 2. The van der Waals surface area contributed by atoms with Crippen molar-refractivity contribution < 1.29 is 9.90 Å². The first-order valence-electron chi connectivity index (χ1n) is 15.0. The van der Waals surface area contributed by atoms with E-state index in [2.05, 4.69) is 60.6 Å². The van der Waals surface area contributed by atoms with E-state index >= 15 is 0 Å². The van der Waals surface area contributed by atoms with Gasteiger partial charge in [0.15, 0.2) is 0 Å². The van der Waals surface area contributed by atoms with Crippen LogP contribution in [0.3, 0.4) is 0 Å². The fourth-order valence-electron chi connectivity index (χ4n) is 5.17. The maximum absolute atomic E-state index is 12.3. The maximum atomic E-state index is 12.3. The van der Waals surface area contributed by atoms with Gasteiger partial charge < -0.3 is 10.8 Å². The van der Waals surface area contributed by atoms with Crippen LogP contribution in [0.15, 0.2) is 12.1 Å². The Bertz CT molecular complexity index is 719. The third kappa shape index (κ3) is 12.6. The molecule has 1 rings (SSSR count). The van der Waals surface area contributed by atoms with E-state index in [1.165, 1.54) is 83.5 Å². The number of rotatable bonds is 18. The van der Waals surface area contributed by atoms with E-state index in [0.29, 0.717) is 12.2 Å². The highest BCUT2D eigenvalue weighted by atomic mass is 16.3. The quantitative estimate of drug-likeness (QED) is 0.197. The Morgan fingerprint density at radius 3 is 1.42 bits per heavy atom. The van der Waals surface area contributed by atoms with Crippen molar-refractivity contribution in [2.24, 2.45) is 11.7 Å². The van der Waals surface area contributed by atoms with Crippen LogP contribution >= 0.6 is 0 Å². The van der Waals surface area contributed by atoms with E-state index in [1.807, 2.05) is 0 Å². The number of hydrogen-bond donors (Lipinski definition) is 2. The predicted octanol–water partition coefficient (Wildman–Crippen LogP) is 9.50. The van der Waals surface area contributed by atoms with E-state index < -0.39 is 0 Å². The molecule has 3 N–H and O–H groups in total. The van der Waals surface area contributed by atoms with E-state index in [4.69, 9.17) is 5.73 Å². The lowest BCUT2D eigenvalue weighted by atomic mass is 9.77. The Morgan fingerprint density at radius 1 is 0.722 bits per heavy atom. The van der Waals surface area contributed by atoms with Gasteiger partial charge in [-0.25, -0.2) is 0 Å². The van der Waals surface area contributed by atoms with Crippen LogP contribution in [-0.4, -0.2) is 11.0 Å². The van der Waals surface area contributed by atoms with E-state index in [-0.39, 0.29) is 22.7 Å². The lowest BCUT2D eigenvalue weighted by molar-refractivity contribution is -0.122. The highest BCUT2D eigenvalue weighted by molar-refractivity contribution is 5.77. The summed E-state index contributed by atoms with van der Waals surface area (Å²) in [5, 5.41) is 11.0. The lowest BCUT2D eigenvalue weighted by Crippen LogP contribution is -2.26. The second-order valence-electron chi connectivity index (χ2n) is 13.2. The van der Waals surface area contributed by atoms with Crippen molar-refractivity contribution in [3.63, 3.8) is 0 Å². The molecule has 0 fully saturated rings. The number of carbonyl (C=O) groups is 1. The average molecular weight is 502 g/mol. The van der Waals surface area contributed by atoms with Gasteiger partial charge in [-0.2, -0.15) is 0 Å². The molecule has 0 aliphatic heterocycles. The molecule has 1 amide bonds. The smallest absolute Gasteiger partial charge is 0.220 e. The van der Waals surface area contributed by atoms with Crippen molar-refractivity contribution >= 4 is 5.91 Å². The van der Waals surface area contributed by atoms with Gasteiger partial charge in [-0.1, -0.05) is 150 Å². The van der Waals surface area contributed by atoms with Gasteiger partial charge in [-0.05, 0) is 40.4 Å². The van der Waals surface area contributed by atoms with Crippen LogP contribution in [0.2, 0.25) is 0 Å². The van der Waals surface area contributed by atoms with Crippen LogP contribution in [-0.2, 0) is 22.0 Å². The highest BCUT2D eigenvalue weighted by Crippen LogP contribution is 2.40. The van der Waals surface area contributed by atoms with Crippen LogP contribution in [0.25, 0.3) is 0 Å². The molecule has 1 aromatic carbocycles. The van der Waals surface area contributed by atoms with Crippen molar-refractivity contribution in [3.8, 4) is 5.75 Å². The van der Waals surface area contributed by atoms with Crippen molar-refractivity contribution in [1.29, 1.82) is 0 Å². The zero-order valence-corrected chi connectivity index (χ0v) is 25.0. The first kappa shape index (κ1) is 32.5. The number of primary amides is 1. The third-order valence-corrected chi connectivity index (χ3v) is 7.58. The first-order chi connectivity index (χ1) is 16.9. The Labute approximate surface area is 224 Å². The lowest BCUT2D eigenvalue weighted by Gasteiger charge is -2.28. The highest BCUT2D eigenvalue weighted by Gasteiger charge is 2.27. The Hall–Kier alpha value is -1.51. The zero-order valence-electron chi connectivity index (χ0n) is 25.0. The molecule has 0 aliphatic carbocycles. The molecule has 0 spiro atoms. The van der Waals surface area contributed by atoms with Gasteiger partial charge in [0.2, 0.25) is 5.91 Å². The van der Waals surface area contributed by atoms with Crippen molar-refractivity contribution in [3.05, 3.63) is 28.8 Å². The molecule has 0 heterocycles. The van der Waals surface area contributed by atoms with E-state index in [0.717, 1.165) is 29.5 Å². The Kier molecular flexibility index (Phi) is 14.8. The number of unbranched alkanes of at least 4 members (excludes halogenated alkanes) is 13. The van der Waals surface area contributed by atoms with Crippen LogP contribution < -0.4 is 5.73 Å². The number of benzene rings is 1. The molecule has 3 heteroatoms. The molecule has 0 bridgehead atoms. The summed E-state index contributed by atoms with van der Waals surface area (Å²) in [6.45, 7) is 15.0. The molecular formula is C33H59NO2. The van der Waals surface area contributed by atoms with E-state index in [1.54, 1.807) is 0 Å². The number of aromatic hydroxyl groups is 1. The Morgan fingerprint density at radius 2 is 1.08 bits per heavy atom. The van der Waals surface area contributed by atoms with Crippen LogP contribution in [0.5, 0.6) is 5.75 Å². The summed E-state index contributed by atoms with van der Waals surface area (Å²) >= 11 is 0. The summed E-state index contributed by atoms with van der Waals surface area (Å²) < 4.78 is 0. The SMILES string of the molecule is CCCCCCCCCCCCCCCCC(Cc1cc(C(C)(C)C)c(O)c(C(C)(C)C)c1)C(N)=O. The van der Waals surface area contributed by atoms with Gasteiger partial charge in [0.25, 0.3) is 0 Å². The minimum atomic E-state index is -0.201. The fraction of sp³-hybridized carbons (Fsp3) is 0.788. The summed E-state index contributed by atoms with van der Waals surface area (Å²) in [6.07, 6.45) is 20.2. The molecular weight excluding hydrogens is 442 g/mol. The van der Waals surface area contributed by atoms with Gasteiger partial charge in [0.1, 0.15) is 5.75 Å². The summed E-state index contributed by atoms with van der Waals surface area (Å²) in [7, 11) is 0. The van der Waals surface area contributed by atoms with Crippen molar-refractivity contribution in [2.75, 3.05) is 0 Å². The summed E-state index contributed by atoms with van der Waals surface area (Å²) in [5.41, 5.74) is 8.49. The Balaban J connectivity index is 2.45. The van der Waals surface area contributed by atoms with Gasteiger partial charge >= 0.3 is 0 Å². The predicted molar refractivity (Wildman–Crippen MR) is 157 cm³/mol. The second-order valence-corrected chi connectivity index (χ2v) is 13.2. The molecule has 1 atom stereocenters. The average Bonchev–Trinajstić information content (AvgIpc) is 2.77. The number of phenolic OH excluding ortho intramolecular Hbond substituents is 1. The topological polar surface area (TPSA) is 63.3 Å². The standard InChI is InChI=1S/C33H59NO2/c1-8-9-10-11-12-13-14-15-16-17-18-19-20-21-22-27(31(34)36)23-26-24-28(32(2,3)4)30(35)29(25-26)33(5,6)7/h24-25,27,35H,8-23H2,1-7H3,(H2,34,36). The minimum Gasteiger partial charge on any atom is -0.507 e. The zero-order chi connectivity index (χ0) is 27.2. The first-order valence-corrected chi connectivity index (χ1v) is 15.0. The summed E-state index contributed by atoms with van der Waals surface area (Å²) in [6, 6.07) is 4.18. The normalized spacial score (nSPS) is 13.2. The molecule has 36 heavy (non-hydrogen) atoms. The number of nitrogens with two attached hydrogens (primary N) is 1. The van der Waals surface area contributed by atoms with Gasteiger partial charge in [-0.3, -0.25) is 4.79 Å². The summed E-state index contributed by atoms with van der Waals surface area (Å²) in [4.78, 5) is 12.3. The molecule has 0 radical (unpaired) electrons. The van der Waals surface area contributed by atoms with Crippen molar-refractivity contribution in [2.45, 2.75) is 162 Å². The van der Waals surface area contributed by atoms with Crippen LogP contribution in [0.4, 0.5) is 0 Å². The molecule has 3 nitrogen and oxygen atoms in total. The second kappa shape index (κ2) is 16.4. The van der Waals surface area contributed by atoms with Gasteiger partial charge in [-0.15, -0.1) is 0 Å². The van der Waals surface area contributed by atoms with E-state index in [9.17, 15) is 9.90 Å². The fourth-order valence-corrected chi connectivity index (χ4v) is 5.17. The number of carbonyl (C=O) groups excluding carboxylic acids is 1. The largest absolute Gasteiger partial charge is 0.507 e. The summed E-state index contributed by atoms with van der Waals surface area (Å²) in [5.74, 6) is 0.0428. The molecule has 1 aromatic rings. The molecule has 0 aromatic heterocycles. The third-order valence-electron chi connectivity index (χ3n) is 7.58. The molecule has 0 saturated carbocycles.